The molecule has 4 nitrogen and oxygen atoms in total. The minimum absolute atomic E-state index is 0.506. The van der Waals surface area contributed by atoms with Gasteiger partial charge in [-0.25, -0.2) is 0 Å². The van der Waals surface area contributed by atoms with Crippen LogP contribution in [-0.2, 0) is 4.74 Å². The highest BCUT2D eigenvalue weighted by atomic mass is 35.5. The van der Waals surface area contributed by atoms with Gasteiger partial charge in [-0.05, 0) is 12.1 Å². The maximum Gasteiger partial charge on any atom is 0.126 e. The lowest BCUT2D eigenvalue weighted by Crippen LogP contribution is -2.24. The van der Waals surface area contributed by atoms with Crippen LogP contribution in [0.25, 0.3) is 0 Å². The van der Waals surface area contributed by atoms with Crippen molar-refractivity contribution in [3.8, 4) is 11.8 Å². The Kier molecular flexibility index (Phi) is 5.78. The van der Waals surface area contributed by atoms with E-state index in [0.717, 1.165) is 0 Å². The molecular weight excluding hydrogens is 240 g/mol. The van der Waals surface area contributed by atoms with Gasteiger partial charge in [0.05, 0.1) is 24.8 Å². The number of halogens is 1. The number of nitrogens with zero attached hydrogens (tertiary/aromatic N) is 1. The smallest absolute Gasteiger partial charge is 0.126 e. The zero-order chi connectivity index (χ0) is 12.7. The predicted molar refractivity (Wildman–Crippen MR) is 66.2 cm³/mol. The largest absolute Gasteiger partial charge is 0.496 e. The Labute approximate surface area is 106 Å². The van der Waals surface area contributed by atoms with Crippen LogP contribution in [0, 0.1) is 11.3 Å². The topological polar surface area (TPSA) is 54.3 Å². The van der Waals surface area contributed by atoms with Crippen LogP contribution in [0.3, 0.4) is 0 Å². The van der Waals surface area contributed by atoms with Gasteiger partial charge in [0.2, 0.25) is 0 Å². The van der Waals surface area contributed by atoms with Crippen LogP contribution in [0.15, 0.2) is 18.2 Å². The Morgan fingerprint density at radius 3 is 2.82 bits per heavy atom. The van der Waals surface area contributed by atoms with E-state index in [1.807, 2.05) is 0 Å². The van der Waals surface area contributed by atoms with E-state index in [4.69, 9.17) is 26.3 Å². The highest BCUT2D eigenvalue weighted by molar-refractivity contribution is 6.31. The van der Waals surface area contributed by atoms with Gasteiger partial charge in [0, 0.05) is 19.2 Å². The first-order valence-corrected chi connectivity index (χ1v) is 5.56. The van der Waals surface area contributed by atoms with E-state index < -0.39 is 6.04 Å². The molecule has 0 spiro atoms. The number of nitrogens with one attached hydrogen (secondary N) is 1. The van der Waals surface area contributed by atoms with Gasteiger partial charge < -0.3 is 9.47 Å². The minimum atomic E-state index is -0.506. The second-order valence-corrected chi connectivity index (χ2v) is 3.77. The van der Waals surface area contributed by atoms with Crippen molar-refractivity contribution in [1.82, 2.24) is 5.32 Å². The summed E-state index contributed by atoms with van der Waals surface area (Å²) < 4.78 is 10.1. The fraction of sp³-hybridized carbons (Fsp3) is 0.417. The fourth-order valence-corrected chi connectivity index (χ4v) is 1.77. The first-order chi connectivity index (χ1) is 8.24. The van der Waals surface area contributed by atoms with E-state index in [9.17, 15) is 0 Å². The van der Waals surface area contributed by atoms with Crippen LogP contribution in [-0.4, -0.2) is 27.4 Å². The summed E-state index contributed by atoms with van der Waals surface area (Å²) in [6.45, 7) is 1.11. The van der Waals surface area contributed by atoms with Crippen molar-refractivity contribution in [2.45, 2.75) is 6.04 Å². The molecule has 1 atom stereocenters. The van der Waals surface area contributed by atoms with Crippen LogP contribution < -0.4 is 10.1 Å². The zero-order valence-corrected chi connectivity index (χ0v) is 10.6. The van der Waals surface area contributed by atoms with Crippen LogP contribution in [0.4, 0.5) is 0 Å². The first-order valence-electron chi connectivity index (χ1n) is 5.19. The molecule has 1 N–H and O–H groups in total. The third kappa shape index (κ3) is 3.60. The third-order valence-corrected chi connectivity index (χ3v) is 2.63. The monoisotopic (exact) mass is 254 g/mol. The second-order valence-electron chi connectivity index (χ2n) is 3.36. The maximum absolute atomic E-state index is 9.16. The number of hydrogen-bond donors (Lipinski definition) is 1. The molecule has 0 radical (unpaired) electrons. The van der Waals surface area contributed by atoms with Gasteiger partial charge in [-0.1, -0.05) is 17.7 Å². The molecule has 1 unspecified atom stereocenters. The summed E-state index contributed by atoms with van der Waals surface area (Å²) in [4.78, 5) is 0. The molecule has 92 valence electrons. The van der Waals surface area contributed by atoms with Crippen molar-refractivity contribution in [1.29, 1.82) is 5.26 Å². The van der Waals surface area contributed by atoms with Crippen LogP contribution in [0.5, 0.6) is 5.75 Å². The Bertz CT molecular complexity index is 404. The lowest BCUT2D eigenvalue weighted by atomic mass is 10.1. The summed E-state index contributed by atoms with van der Waals surface area (Å²) >= 11 is 6.09. The minimum Gasteiger partial charge on any atom is -0.496 e. The lowest BCUT2D eigenvalue weighted by molar-refractivity contribution is 0.197. The van der Waals surface area contributed by atoms with Crippen molar-refractivity contribution in [3.05, 3.63) is 28.8 Å². The van der Waals surface area contributed by atoms with Crippen molar-refractivity contribution < 1.29 is 9.47 Å². The molecule has 0 aromatic heterocycles. The Hall–Kier alpha value is -1.28. The normalized spacial score (nSPS) is 11.9. The SMILES string of the molecule is COCCNC(C#N)c1c(Cl)cccc1OC. The average Bonchev–Trinajstić information content (AvgIpc) is 2.35. The van der Waals surface area contributed by atoms with Crippen molar-refractivity contribution in [2.24, 2.45) is 0 Å². The van der Waals surface area contributed by atoms with Crippen LogP contribution in [0.1, 0.15) is 11.6 Å². The molecule has 5 heteroatoms. The fourth-order valence-electron chi connectivity index (χ4n) is 1.49. The quantitative estimate of drug-likeness (QED) is 0.791. The first kappa shape index (κ1) is 13.8. The summed E-state index contributed by atoms with van der Waals surface area (Å²) in [6.07, 6.45) is 0. The van der Waals surface area contributed by atoms with E-state index in [0.29, 0.717) is 29.5 Å². The van der Waals surface area contributed by atoms with Crippen molar-refractivity contribution in [3.63, 3.8) is 0 Å². The summed E-state index contributed by atoms with van der Waals surface area (Å²) in [5.74, 6) is 0.606. The molecule has 0 bridgehead atoms. The van der Waals surface area contributed by atoms with E-state index in [2.05, 4.69) is 11.4 Å². The number of benzene rings is 1. The molecule has 0 saturated carbocycles. The van der Waals surface area contributed by atoms with Crippen molar-refractivity contribution in [2.75, 3.05) is 27.4 Å². The summed E-state index contributed by atoms with van der Waals surface area (Å²) in [5, 5.41) is 12.7. The molecule has 0 saturated heterocycles. The summed E-state index contributed by atoms with van der Waals surface area (Å²) in [6, 6.07) is 6.96. The highest BCUT2D eigenvalue weighted by Crippen LogP contribution is 2.31. The summed E-state index contributed by atoms with van der Waals surface area (Å²) in [5.41, 5.74) is 0.662. The molecule has 0 fully saturated rings. The van der Waals surface area contributed by atoms with Crippen LogP contribution in [0.2, 0.25) is 5.02 Å². The molecule has 0 amide bonds. The van der Waals surface area contributed by atoms with Crippen LogP contribution >= 0.6 is 11.6 Å². The van der Waals surface area contributed by atoms with Gasteiger partial charge in [0.15, 0.2) is 0 Å². The molecule has 0 heterocycles. The Morgan fingerprint density at radius 1 is 1.47 bits per heavy atom. The molecule has 1 rings (SSSR count). The number of nitriles is 1. The van der Waals surface area contributed by atoms with Gasteiger partial charge in [-0.15, -0.1) is 0 Å². The Morgan fingerprint density at radius 2 is 2.24 bits per heavy atom. The van der Waals surface area contributed by atoms with E-state index in [-0.39, 0.29) is 0 Å². The zero-order valence-electron chi connectivity index (χ0n) is 9.87. The van der Waals surface area contributed by atoms with E-state index in [1.165, 1.54) is 0 Å². The lowest BCUT2D eigenvalue weighted by Gasteiger charge is -2.16. The highest BCUT2D eigenvalue weighted by Gasteiger charge is 2.18. The standard InChI is InChI=1S/C12H15ClN2O2/c1-16-7-6-15-10(8-14)12-9(13)4-3-5-11(12)17-2/h3-5,10,15H,6-7H2,1-2H3. The number of ether oxygens (including phenoxy) is 2. The number of methoxy groups -OCH3 is 2. The molecule has 0 aliphatic heterocycles. The second kappa shape index (κ2) is 7.13. The molecular formula is C12H15ClN2O2. The Balaban J connectivity index is 2.91. The molecule has 1 aromatic rings. The molecule has 0 aliphatic rings. The third-order valence-electron chi connectivity index (χ3n) is 2.31. The number of rotatable bonds is 6. The van der Waals surface area contributed by atoms with E-state index in [1.54, 1.807) is 32.4 Å². The average molecular weight is 255 g/mol. The predicted octanol–water partition coefficient (Wildman–Crippen LogP) is 2.15. The molecule has 17 heavy (non-hydrogen) atoms. The molecule has 0 aliphatic carbocycles. The van der Waals surface area contributed by atoms with E-state index >= 15 is 0 Å². The van der Waals surface area contributed by atoms with Gasteiger partial charge in [-0.2, -0.15) is 5.26 Å². The molecule has 1 aromatic carbocycles. The number of hydrogen-bond acceptors (Lipinski definition) is 4. The maximum atomic E-state index is 9.16. The summed E-state index contributed by atoms with van der Waals surface area (Å²) in [7, 11) is 3.16. The van der Waals surface area contributed by atoms with Gasteiger partial charge in [-0.3, -0.25) is 5.32 Å². The van der Waals surface area contributed by atoms with Gasteiger partial charge in [0.1, 0.15) is 11.8 Å². The van der Waals surface area contributed by atoms with Gasteiger partial charge in [0.25, 0.3) is 0 Å². The van der Waals surface area contributed by atoms with Gasteiger partial charge >= 0.3 is 0 Å². The van der Waals surface area contributed by atoms with Crippen molar-refractivity contribution >= 4 is 11.6 Å².